The number of ketones is 1. The van der Waals surface area contributed by atoms with E-state index in [0.29, 0.717) is 22.7 Å². The molecule has 2 bridgehead atoms. The highest BCUT2D eigenvalue weighted by Gasteiger charge is 2.60. The van der Waals surface area contributed by atoms with Gasteiger partial charge < -0.3 is 0 Å². The monoisotopic (exact) mass is 402 g/mol. The zero-order chi connectivity index (χ0) is 19.6. The lowest BCUT2D eigenvalue weighted by molar-refractivity contribution is -0.136. The van der Waals surface area contributed by atoms with Gasteiger partial charge in [0, 0.05) is 12.1 Å². The van der Waals surface area contributed by atoms with Crippen LogP contribution in [0, 0.1) is 11.8 Å². The molecule has 1 aromatic rings. The van der Waals surface area contributed by atoms with Gasteiger partial charge in [0.2, 0.25) is 0 Å². The van der Waals surface area contributed by atoms with E-state index < -0.39 is 28.5 Å². The van der Waals surface area contributed by atoms with Gasteiger partial charge in [-0.05, 0) is 61.6 Å². The first kappa shape index (κ1) is 18.9. The van der Waals surface area contributed by atoms with Crippen molar-refractivity contribution in [3.8, 4) is 0 Å². The van der Waals surface area contributed by atoms with Crippen molar-refractivity contribution in [3.05, 3.63) is 34.9 Å². The third kappa shape index (κ3) is 3.19. The minimum absolute atomic E-state index is 0.0418. The smallest absolute Gasteiger partial charge is 0.295 e. The van der Waals surface area contributed by atoms with Crippen molar-refractivity contribution in [1.29, 1.82) is 0 Å². The normalized spacial score (nSPS) is 32.4. The summed E-state index contributed by atoms with van der Waals surface area (Å²) in [5.41, 5.74) is 1.79. The Morgan fingerprint density at radius 2 is 1.85 bits per heavy atom. The standard InChI is InChI=1S/C18H21F3N2O3S/c1-11(24)12-2-3-13-7-15-4-5-16(8-14(13)6-12)17(15)9-23(10-18(19,20)21)27(25,26)22-17/h2-3,6,15-16,22H,4-5,7-10H2,1H3/t15-,16?,17?/m0/s1. The quantitative estimate of drug-likeness (QED) is 0.773. The summed E-state index contributed by atoms with van der Waals surface area (Å²) in [4.78, 5) is 11.7. The molecule has 2 fully saturated rings. The van der Waals surface area contributed by atoms with E-state index in [2.05, 4.69) is 4.72 Å². The van der Waals surface area contributed by atoms with Gasteiger partial charge in [-0.3, -0.25) is 4.79 Å². The molecular formula is C18H21F3N2O3S. The summed E-state index contributed by atoms with van der Waals surface area (Å²) in [6, 6.07) is 5.52. The first-order chi connectivity index (χ1) is 12.5. The van der Waals surface area contributed by atoms with Crippen molar-refractivity contribution < 1.29 is 26.4 Å². The number of alkyl halides is 3. The molecule has 0 aromatic heterocycles. The molecule has 0 amide bonds. The van der Waals surface area contributed by atoms with Gasteiger partial charge in [0.05, 0.1) is 5.54 Å². The number of carbonyl (C=O) groups excluding carboxylic acids is 1. The van der Waals surface area contributed by atoms with Crippen molar-refractivity contribution in [2.75, 3.05) is 13.1 Å². The summed E-state index contributed by atoms with van der Waals surface area (Å²) in [7, 11) is -4.17. The van der Waals surface area contributed by atoms with Crippen LogP contribution in [-0.2, 0) is 23.1 Å². The molecule has 27 heavy (non-hydrogen) atoms. The van der Waals surface area contributed by atoms with Gasteiger partial charge in [0.15, 0.2) is 5.78 Å². The number of halogens is 3. The van der Waals surface area contributed by atoms with Gasteiger partial charge in [0.25, 0.3) is 10.2 Å². The second-order valence-corrected chi connectivity index (χ2v) is 9.62. The number of Topliss-reactive ketones (excluding diaryl/α,β-unsaturated/α-hetero) is 1. The number of nitrogens with one attached hydrogen (secondary N) is 1. The maximum atomic E-state index is 12.9. The Balaban J connectivity index is 1.69. The molecule has 3 aliphatic rings. The Labute approximate surface area is 156 Å². The fraction of sp³-hybridized carbons (Fsp3) is 0.611. The molecule has 2 aliphatic carbocycles. The predicted octanol–water partition coefficient (Wildman–Crippen LogP) is 2.47. The first-order valence-electron chi connectivity index (χ1n) is 8.99. The lowest BCUT2D eigenvalue weighted by atomic mass is 9.79. The molecule has 1 N–H and O–H groups in total. The minimum Gasteiger partial charge on any atom is -0.295 e. The molecule has 0 radical (unpaired) electrons. The lowest BCUT2D eigenvalue weighted by Gasteiger charge is -2.33. The Morgan fingerprint density at radius 1 is 1.22 bits per heavy atom. The number of carbonyl (C=O) groups is 1. The van der Waals surface area contributed by atoms with E-state index in [1.807, 2.05) is 12.1 Å². The van der Waals surface area contributed by atoms with Gasteiger partial charge in [-0.25, -0.2) is 0 Å². The van der Waals surface area contributed by atoms with Crippen molar-refractivity contribution >= 4 is 16.0 Å². The molecular weight excluding hydrogens is 381 g/mol. The molecule has 1 heterocycles. The predicted molar refractivity (Wildman–Crippen MR) is 92.5 cm³/mol. The van der Waals surface area contributed by atoms with Crippen molar-refractivity contribution in [2.24, 2.45) is 11.8 Å². The summed E-state index contributed by atoms with van der Waals surface area (Å²) in [5.74, 6) is -0.182. The molecule has 9 heteroatoms. The van der Waals surface area contributed by atoms with Gasteiger partial charge in [0.1, 0.15) is 6.54 Å². The van der Waals surface area contributed by atoms with Crippen LogP contribution >= 0.6 is 0 Å². The van der Waals surface area contributed by atoms with Crippen molar-refractivity contribution in [3.63, 3.8) is 0 Å². The van der Waals surface area contributed by atoms with E-state index >= 15 is 0 Å². The molecule has 1 saturated heterocycles. The van der Waals surface area contributed by atoms with Crippen molar-refractivity contribution in [1.82, 2.24) is 9.03 Å². The SMILES string of the molecule is CC(=O)c1ccc2c(c1)CC1CC[C@@H](C2)C12CN(CC(F)(F)F)S(=O)(=O)N2. The van der Waals surface area contributed by atoms with Crippen LogP contribution in [0.15, 0.2) is 18.2 Å². The molecule has 1 saturated carbocycles. The average molecular weight is 402 g/mol. The maximum absolute atomic E-state index is 12.9. The molecule has 1 aliphatic heterocycles. The van der Waals surface area contributed by atoms with Crippen LogP contribution in [0.5, 0.6) is 0 Å². The molecule has 3 atom stereocenters. The fourth-order valence-electron chi connectivity index (χ4n) is 5.06. The van der Waals surface area contributed by atoms with Gasteiger partial charge in [-0.1, -0.05) is 12.1 Å². The zero-order valence-electron chi connectivity index (χ0n) is 14.8. The van der Waals surface area contributed by atoms with E-state index in [4.69, 9.17) is 0 Å². The van der Waals surface area contributed by atoms with E-state index in [0.717, 1.165) is 24.0 Å². The summed E-state index contributed by atoms with van der Waals surface area (Å²) >= 11 is 0. The Kier molecular flexibility index (Phi) is 4.21. The van der Waals surface area contributed by atoms with Gasteiger partial charge in [-0.2, -0.15) is 30.6 Å². The number of hydrogen-bond donors (Lipinski definition) is 1. The summed E-state index contributed by atoms with van der Waals surface area (Å²) < 4.78 is 66.6. The highest BCUT2D eigenvalue weighted by molar-refractivity contribution is 7.87. The van der Waals surface area contributed by atoms with Crippen LogP contribution in [0.1, 0.15) is 41.3 Å². The number of nitrogens with zero attached hydrogens (tertiary/aromatic N) is 1. The molecule has 148 valence electrons. The van der Waals surface area contributed by atoms with E-state index in [1.165, 1.54) is 6.92 Å². The number of benzene rings is 1. The van der Waals surface area contributed by atoms with E-state index in [-0.39, 0.29) is 24.2 Å². The number of rotatable bonds is 2. The van der Waals surface area contributed by atoms with Crippen LogP contribution in [-0.4, -0.2) is 43.3 Å². The van der Waals surface area contributed by atoms with Crippen molar-refractivity contribution in [2.45, 2.75) is 44.3 Å². The third-order valence-electron chi connectivity index (χ3n) is 6.32. The topological polar surface area (TPSA) is 66.5 Å². The highest BCUT2D eigenvalue weighted by atomic mass is 32.2. The average Bonchev–Trinajstić information content (AvgIpc) is 2.90. The minimum atomic E-state index is -4.58. The Hall–Kier alpha value is -1.45. The second-order valence-electron chi connectivity index (χ2n) is 7.95. The highest BCUT2D eigenvalue weighted by Crippen LogP contribution is 2.50. The van der Waals surface area contributed by atoms with Crippen LogP contribution in [0.25, 0.3) is 0 Å². The van der Waals surface area contributed by atoms with Crippen LogP contribution in [0.4, 0.5) is 13.2 Å². The van der Waals surface area contributed by atoms with Gasteiger partial charge >= 0.3 is 6.18 Å². The molecule has 5 nitrogen and oxygen atoms in total. The third-order valence-corrected chi connectivity index (χ3v) is 7.89. The largest absolute Gasteiger partial charge is 0.402 e. The fourth-order valence-corrected chi connectivity index (χ4v) is 6.77. The van der Waals surface area contributed by atoms with E-state index in [9.17, 15) is 26.4 Å². The van der Waals surface area contributed by atoms with Crippen LogP contribution < -0.4 is 4.72 Å². The van der Waals surface area contributed by atoms with E-state index in [1.54, 1.807) is 6.07 Å². The summed E-state index contributed by atoms with van der Waals surface area (Å²) in [6.45, 7) is -0.130. The molecule has 4 rings (SSSR count). The molecule has 1 aromatic carbocycles. The number of hydrogen-bond acceptors (Lipinski definition) is 3. The lowest BCUT2D eigenvalue weighted by Crippen LogP contribution is -2.52. The van der Waals surface area contributed by atoms with Gasteiger partial charge in [-0.15, -0.1) is 0 Å². The zero-order valence-corrected chi connectivity index (χ0v) is 15.7. The van der Waals surface area contributed by atoms with Crippen LogP contribution in [0.3, 0.4) is 0 Å². The molecule has 2 unspecified atom stereocenters. The van der Waals surface area contributed by atoms with Crippen LogP contribution in [0.2, 0.25) is 0 Å². The molecule has 1 spiro atoms. The Bertz CT molecular complexity index is 900. The first-order valence-corrected chi connectivity index (χ1v) is 10.4. The maximum Gasteiger partial charge on any atom is 0.402 e. The number of fused-ring (bicyclic) bond motifs is 1. The summed E-state index contributed by atoms with van der Waals surface area (Å²) in [6.07, 6.45) is -1.87. The Morgan fingerprint density at radius 3 is 2.44 bits per heavy atom. The second kappa shape index (κ2) is 6.02. The summed E-state index contributed by atoms with van der Waals surface area (Å²) in [5, 5.41) is 0.